The molecule has 1 aromatic heterocycles. The van der Waals surface area contributed by atoms with Gasteiger partial charge in [-0.15, -0.1) is 0 Å². The number of fused-ring (bicyclic) bond motifs is 1. The van der Waals surface area contributed by atoms with Gasteiger partial charge in [-0.2, -0.15) is 0 Å². The summed E-state index contributed by atoms with van der Waals surface area (Å²) in [7, 11) is 0. The van der Waals surface area contributed by atoms with Crippen molar-refractivity contribution in [3.05, 3.63) is 40.4 Å². The minimum Gasteiger partial charge on any atom is -0.310 e. The van der Waals surface area contributed by atoms with Crippen LogP contribution in [-0.2, 0) is 6.42 Å². The molecule has 0 N–H and O–H groups in total. The third kappa shape index (κ3) is 1.80. The van der Waals surface area contributed by atoms with Gasteiger partial charge in [-0.3, -0.25) is 0 Å². The first-order valence-electron chi connectivity index (χ1n) is 5.63. The quantitative estimate of drug-likeness (QED) is 0.764. The smallest absolute Gasteiger partial charge is 0.113 e. The van der Waals surface area contributed by atoms with Crippen molar-refractivity contribution in [1.29, 1.82) is 0 Å². The molecule has 1 aromatic rings. The lowest BCUT2D eigenvalue weighted by Gasteiger charge is -2.08. The molecule has 16 heavy (non-hydrogen) atoms. The highest BCUT2D eigenvalue weighted by Gasteiger charge is 2.13. The van der Waals surface area contributed by atoms with Gasteiger partial charge in [0, 0.05) is 18.8 Å². The zero-order valence-corrected chi connectivity index (χ0v) is 10.6. The number of nitrogens with zero attached hydrogens (tertiary/aromatic N) is 2. The Balaban J connectivity index is 1.96. The zero-order chi connectivity index (χ0) is 11.0. The maximum atomic E-state index is 4.70. The van der Waals surface area contributed by atoms with E-state index >= 15 is 0 Å². The highest BCUT2D eigenvalue weighted by molar-refractivity contribution is 9.11. The molecule has 0 saturated heterocycles. The minimum atomic E-state index is 1.06. The number of allylic oxidation sites excluding steroid dienone is 5. The molecule has 82 valence electrons. The van der Waals surface area contributed by atoms with Gasteiger partial charge >= 0.3 is 0 Å². The number of halogens is 1. The third-order valence-electron chi connectivity index (χ3n) is 3.04. The Kier molecular flexibility index (Phi) is 2.56. The van der Waals surface area contributed by atoms with Gasteiger partial charge in [0.25, 0.3) is 0 Å². The number of hydrogen-bond acceptors (Lipinski definition) is 1. The lowest BCUT2D eigenvalue weighted by molar-refractivity contribution is 0.837. The van der Waals surface area contributed by atoms with Crippen molar-refractivity contribution >= 4 is 27.7 Å². The number of rotatable bonds is 1. The van der Waals surface area contributed by atoms with Crippen LogP contribution in [0.1, 0.15) is 30.8 Å². The van der Waals surface area contributed by atoms with E-state index in [9.17, 15) is 0 Å². The lowest BCUT2D eigenvalue weighted by atomic mass is 10.0. The first kappa shape index (κ1) is 10.1. The molecule has 0 amide bonds. The van der Waals surface area contributed by atoms with Crippen LogP contribution in [0.3, 0.4) is 0 Å². The zero-order valence-electron chi connectivity index (χ0n) is 8.99. The fraction of sp³-hybridized carbons (Fsp3) is 0.308. The van der Waals surface area contributed by atoms with E-state index < -0.39 is 0 Å². The van der Waals surface area contributed by atoms with Gasteiger partial charge in [0.05, 0.1) is 5.69 Å². The van der Waals surface area contributed by atoms with E-state index in [0.29, 0.717) is 0 Å². The van der Waals surface area contributed by atoms with E-state index in [2.05, 4.69) is 51.1 Å². The second-order valence-electron chi connectivity index (χ2n) is 4.18. The maximum Gasteiger partial charge on any atom is 0.113 e. The van der Waals surface area contributed by atoms with Crippen molar-refractivity contribution in [2.24, 2.45) is 0 Å². The molecule has 0 radical (unpaired) electrons. The molecular formula is C13H13BrN2. The molecule has 0 aromatic carbocycles. The normalized spacial score (nSPS) is 19.1. The second kappa shape index (κ2) is 4.06. The van der Waals surface area contributed by atoms with Crippen LogP contribution in [0.25, 0.3) is 11.8 Å². The number of hydrogen-bond donors (Lipinski definition) is 0. The molecule has 0 saturated carbocycles. The molecule has 0 bridgehead atoms. The Morgan fingerprint density at radius 3 is 2.88 bits per heavy atom. The molecule has 0 unspecified atom stereocenters. The summed E-state index contributed by atoms with van der Waals surface area (Å²) in [6.45, 7) is 0. The molecule has 0 atom stereocenters. The van der Waals surface area contributed by atoms with Gasteiger partial charge in [0.2, 0.25) is 0 Å². The highest BCUT2D eigenvalue weighted by atomic mass is 79.9. The van der Waals surface area contributed by atoms with Crippen LogP contribution in [0.2, 0.25) is 0 Å². The molecule has 1 aliphatic heterocycles. The Hall–Kier alpha value is -1.09. The van der Waals surface area contributed by atoms with Crippen LogP contribution in [0, 0.1) is 0 Å². The average Bonchev–Trinajstić information content (AvgIpc) is 2.73. The fourth-order valence-electron chi connectivity index (χ4n) is 2.13. The monoisotopic (exact) mass is 276 g/mol. The Bertz CT molecular complexity index is 506. The number of imidazole rings is 1. The Morgan fingerprint density at radius 2 is 2.12 bits per heavy atom. The van der Waals surface area contributed by atoms with Gasteiger partial charge in [-0.05, 0) is 29.3 Å². The van der Waals surface area contributed by atoms with Crippen LogP contribution in [0.15, 0.2) is 28.9 Å². The van der Waals surface area contributed by atoms with Gasteiger partial charge in [-0.1, -0.05) is 34.2 Å². The predicted molar refractivity (Wildman–Crippen MR) is 70.1 cm³/mol. The van der Waals surface area contributed by atoms with Crippen molar-refractivity contribution < 1.29 is 0 Å². The van der Waals surface area contributed by atoms with E-state index in [4.69, 9.17) is 4.98 Å². The Labute approximate surface area is 104 Å². The van der Waals surface area contributed by atoms with Crippen LogP contribution < -0.4 is 0 Å². The molecule has 3 heteroatoms. The molecule has 3 rings (SSSR count). The third-order valence-corrected chi connectivity index (χ3v) is 3.70. The average molecular weight is 277 g/mol. The topological polar surface area (TPSA) is 17.8 Å². The van der Waals surface area contributed by atoms with E-state index in [-0.39, 0.29) is 0 Å². The first-order valence-corrected chi connectivity index (χ1v) is 6.42. The molecule has 0 fully saturated rings. The first-order chi connectivity index (χ1) is 7.83. The molecule has 2 heterocycles. The summed E-state index contributed by atoms with van der Waals surface area (Å²) in [5.41, 5.74) is 2.48. The Morgan fingerprint density at radius 1 is 1.19 bits per heavy atom. The predicted octanol–water partition coefficient (Wildman–Crippen LogP) is 3.76. The number of aryl methyl sites for hydroxylation is 1. The summed E-state index contributed by atoms with van der Waals surface area (Å²) in [5, 5.41) is 0. The summed E-state index contributed by atoms with van der Waals surface area (Å²) < 4.78 is 3.42. The fourth-order valence-corrected chi connectivity index (χ4v) is 2.46. The molecule has 0 spiro atoms. The molecule has 1 aliphatic carbocycles. The SMILES string of the molecule is BrC1=CC=C(c2cn3c(n2)CCC=C3)CC1. The summed E-state index contributed by atoms with van der Waals surface area (Å²) >= 11 is 3.53. The molecule has 2 aliphatic rings. The van der Waals surface area contributed by atoms with Crippen LogP contribution >= 0.6 is 15.9 Å². The van der Waals surface area contributed by atoms with Crippen molar-refractivity contribution in [2.75, 3.05) is 0 Å². The van der Waals surface area contributed by atoms with Gasteiger partial charge < -0.3 is 4.57 Å². The van der Waals surface area contributed by atoms with Gasteiger partial charge in [-0.25, -0.2) is 4.98 Å². The molecule has 2 nitrogen and oxygen atoms in total. The van der Waals surface area contributed by atoms with Crippen LogP contribution in [0.5, 0.6) is 0 Å². The lowest BCUT2D eigenvalue weighted by Crippen LogP contribution is -1.99. The summed E-state index contributed by atoms with van der Waals surface area (Å²) in [4.78, 5) is 4.70. The maximum absolute atomic E-state index is 4.70. The summed E-state index contributed by atoms with van der Waals surface area (Å²) in [6.07, 6.45) is 15.1. The van der Waals surface area contributed by atoms with Gasteiger partial charge in [0.1, 0.15) is 5.82 Å². The van der Waals surface area contributed by atoms with Crippen LogP contribution in [-0.4, -0.2) is 9.55 Å². The van der Waals surface area contributed by atoms with E-state index in [0.717, 1.165) is 31.4 Å². The van der Waals surface area contributed by atoms with Crippen molar-refractivity contribution in [3.8, 4) is 0 Å². The van der Waals surface area contributed by atoms with E-state index in [1.807, 2.05) is 0 Å². The largest absolute Gasteiger partial charge is 0.310 e. The van der Waals surface area contributed by atoms with E-state index in [1.165, 1.54) is 15.9 Å². The highest BCUT2D eigenvalue weighted by Crippen LogP contribution is 2.29. The van der Waals surface area contributed by atoms with Crippen molar-refractivity contribution in [3.63, 3.8) is 0 Å². The standard InChI is InChI=1S/C13H13BrN2/c14-11-6-4-10(5-7-11)12-9-16-8-2-1-3-13(16)15-12/h2,4,6,8-9H,1,3,5,7H2. The van der Waals surface area contributed by atoms with E-state index in [1.54, 1.807) is 0 Å². The summed E-state index contributed by atoms with van der Waals surface area (Å²) in [6, 6.07) is 0. The molecular weight excluding hydrogens is 264 g/mol. The minimum absolute atomic E-state index is 1.06. The van der Waals surface area contributed by atoms with Crippen molar-refractivity contribution in [2.45, 2.75) is 25.7 Å². The summed E-state index contributed by atoms with van der Waals surface area (Å²) in [5.74, 6) is 1.19. The second-order valence-corrected chi connectivity index (χ2v) is 5.20. The van der Waals surface area contributed by atoms with Gasteiger partial charge in [0.15, 0.2) is 0 Å². The van der Waals surface area contributed by atoms with Crippen LogP contribution in [0.4, 0.5) is 0 Å². The number of aromatic nitrogens is 2. The van der Waals surface area contributed by atoms with Crippen molar-refractivity contribution in [1.82, 2.24) is 9.55 Å².